The highest BCUT2D eigenvalue weighted by atomic mass is 16.5. The summed E-state index contributed by atoms with van der Waals surface area (Å²) in [6, 6.07) is 0. The Labute approximate surface area is 92.7 Å². The topological polar surface area (TPSA) is 40.5 Å². The van der Waals surface area contributed by atoms with Gasteiger partial charge in [0.25, 0.3) is 0 Å². The van der Waals surface area contributed by atoms with Crippen molar-refractivity contribution in [2.45, 2.75) is 70.0 Å². The van der Waals surface area contributed by atoms with E-state index in [0.29, 0.717) is 18.8 Å². The largest absolute Gasteiger partial charge is 0.366 e. The molecule has 2 heteroatoms. The van der Waals surface area contributed by atoms with E-state index in [2.05, 4.69) is 0 Å². The van der Waals surface area contributed by atoms with Gasteiger partial charge in [-0.1, -0.05) is 38.5 Å². The highest BCUT2D eigenvalue weighted by Gasteiger charge is 2.33. The molecular weight excluding hydrogens is 188 g/mol. The minimum atomic E-state index is -1.35. The normalized spacial score (nSPS) is 32.8. The van der Waals surface area contributed by atoms with Gasteiger partial charge in [0, 0.05) is 12.8 Å². The lowest BCUT2D eigenvalue weighted by Crippen LogP contribution is -2.35. The fourth-order valence-corrected chi connectivity index (χ4v) is 3.44. The van der Waals surface area contributed by atoms with Crippen LogP contribution in [0, 0.1) is 11.8 Å². The smallest absolute Gasteiger partial charge is 0.162 e. The molecule has 1 unspecified atom stereocenters. The lowest BCUT2D eigenvalue weighted by Gasteiger charge is -2.35. The minimum absolute atomic E-state index is 0.567. The standard InChI is InChI=1S/C13H24O2/c14-13(15)8-4-7-12(10-13)9-11-5-2-1-3-6-11/h11-12,14-15H,1-10H2. The fourth-order valence-electron chi connectivity index (χ4n) is 3.44. The molecule has 0 aromatic heterocycles. The van der Waals surface area contributed by atoms with E-state index in [1.54, 1.807) is 0 Å². The van der Waals surface area contributed by atoms with Crippen molar-refractivity contribution in [1.82, 2.24) is 0 Å². The summed E-state index contributed by atoms with van der Waals surface area (Å²) in [5.41, 5.74) is 0. The van der Waals surface area contributed by atoms with E-state index in [-0.39, 0.29) is 0 Å². The van der Waals surface area contributed by atoms with Crippen molar-refractivity contribution < 1.29 is 10.2 Å². The van der Waals surface area contributed by atoms with E-state index in [4.69, 9.17) is 0 Å². The number of rotatable bonds is 2. The Balaban J connectivity index is 1.78. The summed E-state index contributed by atoms with van der Waals surface area (Å²) >= 11 is 0. The molecule has 0 amide bonds. The highest BCUT2D eigenvalue weighted by molar-refractivity contribution is 4.80. The van der Waals surface area contributed by atoms with Crippen molar-refractivity contribution in [1.29, 1.82) is 0 Å². The first-order chi connectivity index (χ1) is 7.16. The third-order valence-corrected chi connectivity index (χ3v) is 4.20. The maximum Gasteiger partial charge on any atom is 0.162 e. The molecule has 1 atom stereocenters. The van der Waals surface area contributed by atoms with Crippen LogP contribution in [0.5, 0.6) is 0 Å². The molecule has 0 aromatic carbocycles. The van der Waals surface area contributed by atoms with Crippen LogP contribution in [0.15, 0.2) is 0 Å². The second kappa shape index (κ2) is 4.84. The summed E-state index contributed by atoms with van der Waals surface area (Å²) < 4.78 is 0. The number of hydrogen-bond acceptors (Lipinski definition) is 2. The molecule has 15 heavy (non-hydrogen) atoms. The maximum atomic E-state index is 9.63. The van der Waals surface area contributed by atoms with Crippen molar-refractivity contribution in [3.63, 3.8) is 0 Å². The summed E-state index contributed by atoms with van der Waals surface area (Å²) in [5.74, 6) is 0.0897. The zero-order valence-electron chi connectivity index (χ0n) is 9.62. The van der Waals surface area contributed by atoms with E-state index < -0.39 is 5.79 Å². The van der Waals surface area contributed by atoms with E-state index in [0.717, 1.165) is 12.3 Å². The molecule has 0 radical (unpaired) electrons. The number of hydrogen-bond donors (Lipinski definition) is 2. The molecule has 2 nitrogen and oxygen atoms in total. The molecule has 2 fully saturated rings. The Morgan fingerprint density at radius 3 is 2.20 bits per heavy atom. The molecule has 0 bridgehead atoms. The SMILES string of the molecule is OC1(O)CCCC(CC2CCCCC2)C1. The molecule has 2 rings (SSSR count). The fraction of sp³-hybridized carbons (Fsp3) is 1.00. The summed E-state index contributed by atoms with van der Waals surface area (Å²) in [5, 5.41) is 19.3. The van der Waals surface area contributed by atoms with E-state index in [1.807, 2.05) is 0 Å². The molecule has 2 aliphatic rings. The zero-order chi connectivity index (χ0) is 10.7. The highest BCUT2D eigenvalue weighted by Crippen LogP contribution is 2.37. The van der Waals surface area contributed by atoms with Gasteiger partial charge < -0.3 is 10.2 Å². The predicted octanol–water partition coefficient (Wildman–Crippen LogP) is 2.83. The average Bonchev–Trinajstić information content (AvgIpc) is 2.17. The van der Waals surface area contributed by atoms with Gasteiger partial charge >= 0.3 is 0 Å². The van der Waals surface area contributed by atoms with E-state index in [9.17, 15) is 10.2 Å². The first-order valence-electron chi connectivity index (χ1n) is 6.60. The Morgan fingerprint density at radius 1 is 0.867 bits per heavy atom. The molecule has 2 N–H and O–H groups in total. The molecule has 2 saturated carbocycles. The van der Waals surface area contributed by atoms with Crippen LogP contribution in [0.4, 0.5) is 0 Å². The molecule has 0 heterocycles. The van der Waals surface area contributed by atoms with Gasteiger partial charge in [-0.2, -0.15) is 0 Å². The van der Waals surface area contributed by atoms with Gasteiger partial charge in [-0.15, -0.1) is 0 Å². The third kappa shape index (κ3) is 3.46. The van der Waals surface area contributed by atoms with Gasteiger partial charge in [-0.25, -0.2) is 0 Å². The van der Waals surface area contributed by atoms with E-state index >= 15 is 0 Å². The molecular formula is C13H24O2. The Morgan fingerprint density at radius 2 is 1.53 bits per heavy atom. The first kappa shape index (κ1) is 11.4. The van der Waals surface area contributed by atoms with Crippen molar-refractivity contribution in [2.24, 2.45) is 11.8 Å². The van der Waals surface area contributed by atoms with Gasteiger partial charge in [0.1, 0.15) is 0 Å². The molecule has 0 saturated heterocycles. The summed E-state index contributed by atoms with van der Waals surface area (Å²) in [6.07, 6.45) is 11.6. The molecule has 2 aliphatic carbocycles. The van der Waals surface area contributed by atoms with Gasteiger partial charge in [-0.05, 0) is 24.7 Å². The summed E-state index contributed by atoms with van der Waals surface area (Å²) in [7, 11) is 0. The third-order valence-electron chi connectivity index (χ3n) is 4.20. The molecule has 88 valence electrons. The van der Waals surface area contributed by atoms with Crippen LogP contribution in [-0.2, 0) is 0 Å². The maximum absolute atomic E-state index is 9.63. The quantitative estimate of drug-likeness (QED) is 0.691. The van der Waals surface area contributed by atoms with Crippen LogP contribution < -0.4 is 0 Å². The second-order valence-corrected chi connectivity index (χ2v) is 5.68. The molecule has 0 spiro atoms. The van der Waals surface area contributed by atoms with Gasteiger partial charge in [-0.3, -0.25) is 0 Å². The van der Waals surface area contributed by atoms with Crippen LogP contribution in [0.25, 0.3) is 0 Å². The van der Waals surface area contributed by atoms with Crippen LogP contribution >= 0.6 is 0 Å². The van der Waals surface area contributed by atoms with Crippen LogP contribution in [-0.4, -0.2) is 16.0 Å². The Hall–Kier alpha value is -0.0800. The Kier molecular flexibility index (Phi) is 3.68. The predicted molar refractivity (Wildman–Crippen MR) is 60.3 cm³/mol. The summed E-state index contributed by atoms with van der Waals surface area (Å²) in [4.78, 5) is 0. The number of aliphatic hydroxyl groups is 2. The van der Waals surface area contributed by atoms with Crippen LogP contribution in [0.3, 0.4) is 0 Å². The van der Waals surface area contributed by atoms with Crippen molar-refractivity contribution >= 4 is 0 Å². The van der Waals surface area contributed by atoms with Crippen LogP contribution in [0.2, 0.25) is 0 Å². The van der Waals surface area contributed by atoms with E-state index in [1.165, 1.54) is 44.9 Å². The monoisotopic (exact) mass is 212 g/mol. The minimum Gasteiger partial charge on any atom is -0.366 e. The van der Waals surface area contributed by atoms with Gasteiger partial charge in [0.2, 0.25) is 0 Å². The Bertz CT molecular complexity index is 195. The summed E-state index contributed by atoms with van der Waals surface area (Å²) in [6.45, 7) is 0. The first-order valence-corrected chi connectivity index (χ1v) is 6.60. The average molecular weight is 212 g/mol. The lowest BCUT2D eigenvalue weighted by molar-refractivity contribution is -0.192. The molecule has 0 aromatic rings. The van der Waals surface area contributed by atoms with Gasteiger partial charge in [0.05, 0.1) is 0 Å². The molecule has 0 aliphatic heterocycles. The zero-order valence-corrected chi connectivity index (χ0v) is 9.62. The van der Waals surface area contributed by atoms with Crippen molar-refractivity contribution in [3.05, 3.63) is 0 Å². The van der Waals surface area contributed by atoms with Crippen LogP contribution in [0.1, 0.15) is 64.2 Å². The van der Waals surface area contributed by atoms with Crippen molar-refractivity contribution in [2.75, 3.05) is 0 Å². The lowest BCUT2D eigenvalue weighted by atomic mass is 9.76. The van der Waals surface area contributed by atoms with Gasteiger partial charge in [0.15, 0.2) is 5.79 Å². The second-order valence-electron chi connectivity index (χ2n) is 5.68. The van der Waals surface area contributed by atoms with Crippen molar-refractivity contribution in [3.8, 4) is 0 Å².